The molecule has 4 heterocycles. The third-order valence-corrected chi connectivity index (χ3v) is 10.4. The number of aliphatic hydroxyl groups excluding tert-OH is 4. The second-order valence-electron chi connectivity index (χ2n) is 13.7. The van der Waals surface area contributed by atoms with Crippen molar-refractivity contribution in [2.45, 2.75) is 56.1 Å². The van der Waals surface area contributed by atoms with E-state index in [1.54, 1.807) is 18.2 Å². The summed E-state index contributed by atoms with van der Waals surface area (Å²) in [6, 6.07) is 29.5. The van der Waals surface area contributed by atoms with Gasteiger partial charge in [0.25, 0.3) is 5.91 Å². The molecule has 0 saturated carbocycles. The second-order valence-corrected chi connectivity index (χ2v) is 13.7. The zero-order valence-electron chi connectivity index (χ0n) is 28.7. The zero-order valence-corrected chi connectivity index (χ0v) is 28.7. The molecule has 1 amide bonds. The van der Waals surface area contributed by atoms with Crippen molar-refractivity contribution >= 4 is 28.0 Å². The number of rotatable bonds is 8. The van der Waals surface area contributed by atoms with Crippen LogP contribution in [0.2, 0.25) is 0 Å². The quantitative estimate of drug-likeness (QED) is 0.137. The number of hydrogen-bond donors (Lipinski definition) is 6. The third-order valence-electron chi connectivity index (χ3n) is 10.4. The molecule has 5 atom stereocenters. The summed E-state index contributed by atoms with van der Waals surface area (Å²) in [6.07, 6.45) is -4.09. The van der Waals surface area contributed by atoms with Crippen molar-refractivity contribution in [2.75, 3.05) is 19.7 Å². The number of aliphatic hydroxyl groups is 4. The Kier molecular flexibility index (Phi) is 9.60. The van der Waals surface area contributed by atoms with Gasteiger partial charge in [-0.05, 0) is 48.7 Å². The number of carbonyl (C=O) groups is 1. The van der Waals surface area contributed by atoms with Gasteiger partial charge in [-0.25, -0.2) is 14.8 Å². The van der Waals surface area contributed by atoms with Crippen LogP contribution in [0, 0.1) is 0 Å². The number of carbonyl (C=O) groups excluding carboxylic acids is 1. The predicted molar refractivity (Wildman–Crippen MR) is 198 cm³/mol. The molecule has 2 saturated heterocycles. The predicted octanol–water partition coefficient (Wildman–Crippen LogP) is 2.97. The zero-order chi connectivity index (χ0) is 36.6. The summed E-state index contributed by atoms with van der Waals surface area (Å²) in [4.78, 5) is 41.4. The van der Waals surface area contributed by atoms with Gasteiger partial charge in [0.2, 0.25) is 0 Å². The second kappa shape index (κ2) is 14.6. The maximum absolute atomic E-state index is 13.3. The van der Waals surface area contributed by atoms with E-state index < -0.39 is 43.2 Å². The Morgan fingerprint density at radius 1 is 0.830 bits per heavy atom. The topological polar surface area (TPSA) is 186 Å². The van der Waals surface area contributed by atoms with Crippen molar-refractivity contribution in [3.8, 4) is 22.5 Å². The number of piperidine rings is 1. The molecule has 0 aliphatic carbocycles. The first-order valence-electron chi connectivity index (χ1n) is 17.8. The van der Waals surface area contributed by atoms with E-state index in [4.69, 9.17) is 14.7 Å². The van der Waals surface area contributed by atoms with Gasteiger partial charge >= 0.3 is 5.69 Å². The highest BCUT2D eigenvalue weighted by Crippen LogP contribution is 2.32. The minimum atomic E-state index is -1.64. The summed E-state index contributed by atoms with van der Waals surface area (Å²) < 4.78 is 7.09. The monoisotopic (exact) mass is 716 g/mol. The number of H-pyrrole nitrogens is 1. The lowest BCUT2D eigenvalue weighted by molar-refractivity contribution is -0.252. The van der Waals surface area contributed by atoms with Crippen LogP contribution in [0.15, 0.2) is 102 Å². The minimum Gasteiger partial charge on any atom is -0.394 e. The summed E-state index contributed by atoms with van der Waals surface area (Å²) in [5, 5.41) is 43.0. The highest BCUT2D eigenvalue weighted by molar-refractivity contribution is 5.98. The van der Waals surface area contributed by atoms with E-state index in [1.165, 1.54) is 5.56 Å². The molecule has 272 valence electrons. The first-order valence-corrected chi connectivity index (χ1v) is 17.8. The van der Waals surface area contributed by atoms with Gasteiger partial charge in [-0.1, -0.05) is 66.7 Å². The largest absolute Gasteiger partial charge is 0.394 e. The molecule has 2 aromatic heterocycles. The van der Waals surface area contributed by atoms with Crippen molar-refractivity contribution in [1.82, 2.24) is 29.7 Å². The van der Waals surface area contributed by atoms with Gasteiger partial charge < -0.3 is 35.5 Å². The number of nitrogens with one attached hydrogen (secondary N) is 2. The van der Waals surface area contributed by atoms with E-state index in [0.29, 0.717) is 22.4 Å². The van der Waals surface area contributed by atoms with Gasteiger partial charge in [0.15, 0.2) is 6.29 Å². The number of aromatic amines is 1. The number of aromatic nitrogens is 4. The SMILES string of the molecule is O=C(N[C@@H]1C(O)OC(CO)[C@@H](O)[C@H]1O)c1ccc2nc(-c3ccc(CN4CCC(n5c(=O)[nH]c6ccccc65)CC4)cc3)c(-c3ccccc3)nc2c1. The fraction of sp³-hybridized carbons (Fsp3) is 0.300. The van der Waals surface area contributed by atoms with Gasteiger partial charge in [0, 0.05) is 42.4 Å². The average Bonchev–Trinajstić information content (AvgIpc) is 3.53. The van der Waals surface area contributed by atoms with Crippen LogP contribution in [-0.2, 0) is 11.3 Å². The molecule has 2 aliphatic rings. The van der Waals surface area contributed by atoms with E-state index in [9.17, 15) is 30.0 Å². The number of ether oxygens (including phenoxy) is 1. The Labute approximate surface area is 304 Å². The van der Waals surface area contributed by atoms with Crippen molar-refractivity contribution in [1.29, 1.82) is 0 Å². The fourth-order valence-electron chi connectivity index (χ4n) is 7.48. The lowest BCUT2D eigenvalue weighted by Gasteiger charge is -2.40. The number of para-hydroxylation sites is 2. The molecular weight excluding hydrogens is 676 g/mol. The molecule has 13 heteroatoms. The summed E-state index contributed by atoms with van der Waals surface area (Å²) in [7, 11) is 0. The summed E-state index contributed by atoms with van der Waals surface area (Å²) in [6.45, 7) is 1.95. The number of likely N-dealkylation sites (tertiary alicyclic amines) is 1. The number of amides is 1. The molecule has 53 heavy (non-hydrogen) atoms. The Bertz CT molecular complexity index is 2300. The van der Waals surface area contributed by atoms with Crippen molar-refractivity contribution < 1.29 is 30.0 Å². The average molecular weight is 717 g/mol. The van der Waals surface area contributed by atoms with E-state index in [-0.39, 0.29) is 17.3 Å². The molecule has 2 unspecified atom stereocenters. The molecule has 13 nitrogen and oxygen atoms in total. The Morgan fingerprint density at radius 2 is 1.51 bits per heavy atom. The Balaban J connectivity index is 1.00. The van der Waals surface area contributed by atoms with Crippen LogP contribution in [0.3, 0.4) is 0 Å². The number of imidazole rings is 1. The molecule has 0 spiro atoms. The van der Waals surface area contributed by atoms with Gasteiger partial charge in [-0.15, -0.1) is 0 Å². The molecule has 2 fully saturated rings. The third kappa shape index (κ3) is 6.86. The van der Waals surface area contributed by atoms with Gasteiger partial charge in [-0.2, -0.15) is 0 Å². The minimum absolute atomic E-state index is 0.0517. The standard InChI is InChI=1S/C40H40N6O7/c47-22-32-36(48)37(49)35(39(51)53-32)44-38(50)26-14-15-28-30(20-26)42-33(24-6-2-1-3-7-24)34(41-28)25-12-10-23(11-13-25)21-45-18-16-27(17-19-45)46-31-9-5-4-8-29(31)43-40(46)52/h1-15,20,27,32,35-37,39,47-49,51H,16-19,21-22H2,(H,43,52)(H,44,50)/t32?,35-,36+,37-,39?/m0/s1. The van der Waals surface area contributed by atoms with Crippen LogP contribution < -0.4 is 11.0 Å². The lowest BCUT2D eigenvalue weighted by Crippen LogP contribution is -2.64. The van der Waals surface area contributed by atoms with E-state index in [2.05, 4.69) is 39.5 Å². The van der Waals surface area contributed by atoms with Crippen LogP contribution in [0.4, 0.5) is 0 Å². The molecule has 6 N–H and O–H groups in total. The molecule has 4 aromatic carbocycles. The summed E-state index contributed by atoms with van der Waals surface area (Å²) in [5.41, 5.74) is 7.26. The van der Waals surface area contributed by atoms with E-state index in [0.717, 1.165) is 54.6 Å². The first-order chi connectivity index (χ1) is 25.8. The molecular formula is C40H40N6O7. The molecule has 0 radical (unpaired) electrons. The molecule has 8 rings (SSSR count). The maximum atomic E-state index is 13.3. The molecule has 0 bridgehead atoms. The van der Waals surface area contributed by atoms with Crippen LogP contribution in [0.25, 0.3) is 44.6 Å². The van der Waals surface area contributed by atoms with Gasteiger partial charge in [-0.3, -0.25) is 14.3 Å². The normalized spacial score (nSPS) is 22.7. The lowest BCUT2D eigenvalue weighted by atomic mass is 9.96. The van der Waals surface area contributed by atoms with Crippen LogP contribution in [0.1, 0.15) is 34.8 Å². The van der Waals surface area contributed by atoms with Gasteiger partial charge in [0.05, 0.1) is 40.1 Å². The highest BCUT2D eigenvalue weighted by Gasteiger charge is 2.44. The van der Waals surface area contributed by atoms with Crippen LogP contribution in [0.5, 0.6) is 0 Å². The van der Waals surface area contributed by atoms with Crippen molar-refractivity contribution in [2.24, 2.45) is 0 Å². The molecule has 2 aliphatic heterocycles. The summed E-state index contributed by atoms with van der Waals surface area (Å²) in [5.74, 6) is -0.618. The number of fused-ring (bicyclic) bond motifs is 2. The Hall–Kier alpha value is -5.28. The van der Waals surface area contributed by atoms with Crippen LogP contribution >= 0.6 is 0 Å². The number of hydrogen-bond acceptors (Lipinski definition) is 10. The van der Waals surface area contributed by atoms with E-state index >= 15 is 0 Å². The first kappa shape index (κ1) is 34.8. The highest BCUT2D eigenvalue weighted by atomic mass is 16.6. The van der Waals surface area contributed by atoms with Gasteiger partial charge in [0.1, 0.15) is 24.4 Å². The number of benzene rings is 4. The fourth-order valence-corrected chi connectivity index (χ4v) is 7.48. The van der Waals surface area contributed by atoms with E-state index in [1.807, 2.05) is 59.2 Å². The van der Waals surface area contributed by atoms with Crippen LogP contribution in [-0.4, -0.2) is 101 Å². The van der Waals surface area contributed by atoms with Crippen molar-refractivity contribution in [3.63, 3.8) is 0 Å². The summed E-state index contributed by atoms with van der Waals surface area (Å²) >= 11 is 0. The smallest absolute Gasteiger partial charge is 0.326 e. The van der Waals surface area contributed by atoms with Crippen molar-refractivity contribution in [3.05, 3.63) is 119 Å². The Morgan fingerprint density at radius 3 is 2.25 bits per heavy atom. The maximum Gasteiger partial charge on any atom is 0.326 e. The molecule has 6 aromatic rings. The number of nitrogens with zero attached hydrogens (tertiary/aromatic N) is 4.